The van der Waals surface area contributed by atoms with Crippen LogP contribution in [0.1, 0.15) is 41.6 Å². The van der Waals surface area contributed by atoms with Gasteiger partial charge in [-0.25, -0.2) is 0 Å². The fourth-order valence-electron chi connectivity index (χ4n) is 2.90. The van der Waals surface area contributed by atoms with Crippen molar-refractivity contribution in [1.82, 2.24) is 10.6 Å². The number of benzene rings is 2. The second-order valence-electron chi connectivity index (χ2n) is 7.35. The first-order valence-electron chi connectivity index (χ1n) is 10.1. The van der Waals surface area contributed by atoms with Crippen molar-refractivity contribution in [3.05, 3.63) is 59.7 Å². The van der Waals surface area contributed by atoms with E-state index >= 15 is 0 Å². The van der Waals surface area contributed by atoms with Crippen LogP contribution in [0.5, 0.6) is 0 Å². The fourth-order valence-corrected chi connectivity index (χ4v) is 2.90. The third-order valence-corrected chi connectivity index (χ3v) is 4.73. The van der Waals surface area contributed by atoms with E-state index in [-0.39, 0.29) is 11.8 Å². The molecule has 29 heavy (non-hydrogen) atoms. The number of hydrogen-bond acceptors (Lipinski definition) is 4. The molecule has 2 aromatic rings. The van der Waals surface area contributed by atoms with E-state index in [9.17, 15) is 9.59 Å². The molecule has 0 aliphatic rings. The van der Waals surface area contributed by atoms with Gasteiger partial charge in [0.25, 0.3) is 5.91 Å². The Labute approximate surface area is 173 Å². The monoisotopic (exact) mass is 396 g/mol. The van der Waals surface area contributed by atoms with Gasteiger partial charge in [-0.2, -0.15) is 0 Å². The molecule has 2 aromatic carbocycles. The molecule has 0 aliphatic carbocycles. The number of aryl methyl sites for hydroxylation is 1. The summed E-state index contributed by atoms with van der Waals surface area (Å²) in [6, 6.07) is 15.2. The largest absolute Gasteiger partial charge is 0.399 e. The van der Waals surface area contributed by atoms with Gasteiger partial charge in [0, 0.05) is 50.5 Å². The quantitative estimate of drug-likeness (QED) is 0.402. The number of nitrogens with two attached hydrogens (primary N) is 1. The minimum Gasteiger partial charge on any atom is -0.399 e. The Morgan fingerprint density at radius 2 is 1.48 bits per heavy atom. The Hall–Kier alpha value is -3.02. The van der Waals surface area contributed by atoms with Crippen LogP contribution in [0.3, 0.4) is 0 Å². The van der Waals surface area contributed by atoms with Crippen molar-refractivity contribution in [2.75, 3.05) is 37.8 Å². The highest BCUT2D eigenvalue weighted by molar-refractivity contribution is 5.94. The zero-order valence-electron chi connectivity index (χ0n) is 17.4. The highest BCUT2D eigenvalue weighted by Gasteiger charge is 2.05. The molecule has 0 bridgehead atoms. The van der Waals surface area contributed by atoms with Crippen LogP contribution >= 0.6 is 0 Å². The van der Waals surface area contributed by atoms with Crippen LogP contribution in [0.25, 0.3) is 0 Å². The number of nitrogens with one attached hydrogen (secondary N) is 2. The van der Waals surface area contributed by atoms with Gasteiger partial charge in [-0.3, -0.25) is 9.59 Å². The van der Waals surface area contributed by atoms with Crippen LogP contribution in [0.2, 0.25) is 0 Å². The molecule has 0 saturated heterocycles. The molecule has 0 unspecified atom stereocenters. The molecule has 2 rings (SSSR count). The average Bonchev–Trinajstić information content (AvgIpc) is 2.72. The Balaban J connectivity index is 1.51. The van der Waals surface area contributed by atoms with Crippen LogP contribution in [-0.2, 0) is 11.2 Å². The summed E-state index contributed by atoms with van der Waals surface area (Å²) in [6.07, 6.45) is 3.95. The van der Waals surface area contributed by atoms with E-state index in [1.54, 1.807) is 0 Å². The first-order chi connectivity index (χ1) is 14.0. The summed E-state index contributed by atoms with van der Waals surface area (Å²) in [6.45, 7) is 1.31. The second-order valence-corrected chi connectivity index (χ2v) is 7.35. The Morgan fingerprint density at radius 1 is 0.862 bits per heavy atom. The molecule has 0 aliphatic heterocycles. The first-order valence-corrected chi connectivity index (χ1v) is 10.1. The van der Waals surface area contributed by atoms with Gasteiger partial charge in [-0.1, -0.05) is 12.1 Å². The number of hydrogen-bond donors (Lipinski definition) is 3. The van der Waals surface area contributed by atoms with Crippen molar-refractivity contribution < 1.29 is 9.59 Å². The van der Waals surface area contributed by atoms with E-state index < -0.39 is 0 Å². The molecule has 0 radical (unpaired) electrons. The van der Waals surface area contributed by atoms with Gasteiger partial charge in [0.15, 0.2) is 0 Å². The highest BCUT2D eigenvalue weighted by Crippen LogP contribution is 2.12. The molecule has 6 heteroatoms. The summed E-state index contributed by atoms with van der Waals surface area (Å²) in [5, 5.41) is 5.89. The highest BCUT2D eigenvalue weighted by atomic mass is 16.2. The summed E-state index contributed by atoms with van der Waals surface area (Å²) >= 11 is 0. The smallest absolute Gasteiger partial charge is 0.251 e. The standard InChI is InChI=1S/C23H32N4O2/c1-27(2)21-13-9-19(10-14-21)23(29)26-17-5-3-4-16-25-22(28)15-8-18-6-11-20(24)12-7-18/h6-7,9-14H,3-5,8,15-17,24H2,1-2H3,(H,25,28)(H,26,29). The van der Waals surface area contributed by atoms with Gasteiger partial charge >= 0.3 is 0 Å². The molecule has 0 saturated carbocycles. The van der Waals surface area contributed by atoms with Crippen LogP contribution in [0, 0.1) is 0 Å². The lowest BCUT2D eigenvalue weighted by atomic mass is 10.1. The summed E-state index contributed by atoms with van der Waals surface area (Å²) in [4.78, 5) is 26.0. The Kier molecular flexibility index (Phi) is 9.02. The molecular weight excluding hydrogens is 364 g/mol. The fraction of sp³-hybridized carbons (Fsp3) is 0.391. The second kappa shape index (κ2) is 11.7. The minimum absolute atomic E-state index is 0.0497. The molecule has 6 nitrogen and oxygen atoms in total. The molecule has 2 amide bonds. The van der Waals surface area contributed by atoms with Crippen LogP contribution in [0.15, 0.2) is 48.5 Å². The van der Waals surface area contributed by atoms with Gasteiger partial charge in [-0.05, 0) is 67.6 Å². The average molecular weight is 397 g/mol. The summed E-state index contributed by atoms with van der Waals surface area (Å²) < 4.78 is 0. The van der Waals surface area contributed by atoms with Gasteiger partial charge in [0.1, 0.15) is 0 Å². The lowest BCUT2D eigenvalue weighted by molar-refractivity contribution is -0.121. The zero-order valence-corrected chi connectivity index (χ0v) is 17.4. The molecule has 0 fully saturated rings. The topological polar surface area (TPSA) is 87.5 Å². The maximum absolute atomic E-state index is 12.1. The number of unbranched alkanes of at least 4 members (excludes halogenated alkanes) is 2. The van der Waals surface area contributed by atoms with Crippen molar-refractivity contribution >= 4 is 23.2 Å². The number of carbonyl (C=O) groups excluding carboxylic acids is 2. The maximum Gasteiger partial charge on any atom is 0.251 e. The van der Waals surface area contributed by atoms with E-state index in [1.807, 2.05) is 67.5 Å². The lowest BCUT2D eigenvalue weighted by Crippen LogP contribution is -2.26. The summed E-state index contributed by atoms with van der Waals surface area (Å²) in [5.41, 5.74) is 9.24. The molecule has 4 N–H and O–H groups in total. The third kappa shape index (κ3) is 8.25. The normalized spacial score (nSPS) is 10.4. The van der Waals surface area contributed by atoms with Crippen molar-refractivity contribution in [3.63, 3.8) is 0 Å². The minimum atomic E-state index is -0.0497. The van der Waals surface area contributed by atoms with Crippen LogP contribution in [-0.4, -0.2) is 39.0 Å². The Morgan fingerprint density at radius 3 is 2.10 bits per heavy atom. The molecule has 156 valence electrons. The Bertz CT molecular complexity index is 770. The van der Waals surface area contributed by atoms with E-state index in [0.717, 1.165) is 36.2 Å². The predicted octanol–water partition coefficient (Wildman–Crippen LogP) is 2.98. The van der Waals surface area contributed by atoms with E-state index in [4.69, 9.17) is 5.73 Å². The molecular formula is C23H32N4O2. The third-order valence-electron chi connectivity index (χ3n) is 4.73. The first kappa shape index (κ1) is 22.3. The van der Waals surface area contributed by atoms with Gasteiger partial charge in [0.05, 0.1) is 0 Å². The zero-order chi connectivity index (χ0) is 21.1. The van der Waals surface area contributed by atoms with Gasteiger partial charge < -0.3 is 21.3 Å². The number of amides is 2. The molecule has 0 aromatic heterocycles. The molecule has 0 heterocycles. The summed E-state index contributed by atoms with van der Waals surface area (Å²) in [5.74, 6) is 0.0163. The van der Waals surface area contributed by atoms with Gasteiger partial charge in [0.2, 0.25) is 5.91 Å². The number of carbonyl (C=O) groups is 2. The van der Waals surface area contributed by atoms with E-state index in [2.05, 4.69) is 10.6 Å². The maximum atomic E-state index is 12.1. The molecule has 0 spiro atoms. The lowest BCUT2D eigenvalue weighted by Gasteiger charge is -2.12. The van der Waals surface area contributed by atoms with Crippen molar-refractivity contribution in [2.24, 2.45) is 0 Å². The van der Waals surface area contributed by atoms with Gasteiger partial charge in [-0.15, -0.1) is 0 Å². The van der Waals surface area contributed by atoms with Crippen LogP contribution in [0.4, 0.5) is 11.4 Å². The SMILES string of the molecule is CN(C)c1ccc(C(=O)NCCCCCNC(=O)CCc2ccc(N)cc2)cc1. The van der Waals surface area contributed by atoms with E-state index in [0.29, 0.717) is 31.5 Å². The van der Waals surface area contributed by atoms with Crippen molar-refractivity contribution in [3.8, 4) is 0 Å². The van der Waals surface area contributed by atoms with Crippen molar-refractivity contribution in [2.45, 2.75) is 32.1 Å². The number of rotatable bonds is 11. The number of nitrogen functional groups attached to an aromatic ring is 1. The molecule has 0 atom stereocenters. The number of nitrogens with zero attached hydrogens (tertiary/aromatic N) is 1. The summed E-state index contributed by atoms with van der Waals surface area (Å²) in [7, 11) is 3.94. The van der Waals surface area contributed by atoms with Crippen molar-refractivity contribution in [1.29, 1.82) is 0 Å². The predicted molar refractivity (Wildman–Crippen MR) is 119 cm³/mol. The van der Waals surface area contributed by atoms with Crippen LogP contribution < -0.4 is 21.3 Å². The van der Waals surface area contributed by atoms with E-state index in [1.165, 1.54) is 0 Å². The number of anilines is 2.